The number of aryl methyl sites for hydroxylation is 1. The number of aromatic nitrogens is 4. The molecule has 160 valence electrons. The third kappa shape index (κ3) is 4.55. The van der Waals surface area contributed by atoms with Gasteiger partial charge in [-0.05, 0) is 49.4 Å². The van der Waals surface area contributed by atoms with Crippen LogP contribution in [0.15, 0.2) is 49.1 Å². The van der Waals surface area contributed by atoms with Gasteiger partial charge in [0.2, 0.25) is 5.88 Å². The number of likely N-dealkylation sites (tertiary alicyclic amines) is 1. The molecule has 0 N–H and O–H groups in total. The standard InChI is InChI=1S/C24H27N5O2/c1-3-6-21-26-16-19(17-10-12-25-13-11-17)23(28-21)20-7-4-5-14-29(20)24(30)18-8-9-22(31-2)27-15-18/h8-13,15-16,20H,3-7,14H2,1-2H3/t20-/m0/s1. The van der Waals surface area contributed by atoms with Crippen molar-refractivity contribution < 1.29 is 9.53 Å². The summed E-state index contributed by atoms with van der Waals surface area (Å²) in [7, 11) is 1.56. The Morgan fingerprint density at radius 2 is 1.97 bits per heavy atom. The summed E-state index contributed by atoms with van der Waals surface area (Å²) in [6, 6.07) is 7.31. The average molecular weight is 418 g/mol. The van der Waals surface area contributed by atoms with Gasteiger partial charge in [0.15, 0.2) is 0 Å². The molecule has 3 aromatic rings. The van der Waals surface area contributed by atoms with Gasteiger partial charge in [0.1, 0.15) is 5.82 Å². The van der Waals surface area contributed by atoms with Crippen LogP contribution in [-0.4, -0.2) is 44.4 Å². The summed E-state index contributed by atoms with van der Waals surface area (Å²) in [5, 5.41) is 0. The zero-order valence-corrected chi connectivity index (χ0v) is 18.0. The second-order valence-corrected chi connectivity index (χ2v) is 7.67. The number of hydrogen-bond acceptors (Lipinski definition) is 6. The molecule has 3 aromatic heterocycles. The summed E-state index contributed by atoms with van der Waals surface area (Å²) in [5.74, 6) is 1.28. The lowest BCUT2D eigenvalue weighted by Crippen LogP contribution is -2.39. The Bertz CT molecular complexity index is 1020. The third-order valence-corrected chi connectivity index (χ3v) is 5.60. The van der Waals surface area contributed by atoms with Crippen LogP contribution in [0.2, 0.25) is 0 Å². The van der Waals surface area contributed by atoms with E-state index in [9.17, 15) is 4.79 Å². The Hall–Kier alpha value is -3.35. The van der Waals surface area contributed by atoms with Gasteiger partial charge in [0.25, 0.3) is 5.91 Å². The molecule has 0 aromatic carbocycles. The van der Waals surface area contributed by atoms with E-state index in [1.807, 2.05) is 23.2 Å². The van der Waals surface area contributed by atoms with Gasteiger partial charge in [-0.1, -0.05) is 6.92 Å². The Morgan fingerprint density at radius 3 is 2.68 bits per heavy atom. The maximum absolute atomic E-state index is 13.4. The fourth-order valence-electron chi connectivity index (χ4n) is 4.04. The largest absolute Gasteiger partial charge is 0.481 e. The number of pyridine rings is 2. The van der Waals surface area contributed by atoms with Crippen LogP contribution in [0.3, 0.4) is 0 Å². The lowest BCUT2D eigenvalue weighted by Gasteiger charge is -2.36. The van der Waals surface area contributed by atoms with E-state index in [1.54, 1.807) is 37.8 Å². The number of carbonyl (C=O) groups is 1. The van der Waals surface area contributed by atoms with Gasteiger partial charge in [0, 0.05) is 49.4 Å². The second kappa shape index (κ2) is 9.64. The highest BCUT2D eigenvalue weighted by Crippen LogP contribution is 2.36. The number of ether oxygens (including phenoxy) is 1. The minimum atomic E-state index is -0.106. The van der Waals surface area contributed by atoms with Gasteiger partial charge < -0.3 is 9.64 Å². The van der Waals surface area contributed by atoms with Crippen molar-refractivity contribution in [2.45, 2.75) is 45.1 Å². The monoisotopic (exact) mass is 417 g/mol. The first-order chi connectivity index (χ1) is 15.2. The first kappa shape index (κ1) is 20.9. The summed E-state index contributed by atoms with van der Waals surface area (Å²) < 4.78 is 5.13. The van der Waals surface area contributed by atoms with Crippen molar-refractivity contribution in [3.05, 3.63) is 66.1 Å². The quantitative estimate of drug-likeness (QED) is 0.596. The van der Waals surface area contributed by atoms with Gasteiger partial charge in [-0.3, -0.25) is 9.78 Å². The van der Waals surface area contributed by atoms with Crippen molar-refractivity contribution in [2.75, 3.05) is 13.7 Å². The Kier molecular flexibility index (Phi) is 6.50. The molecule has 1 fully saturated rings. The Balaban J connectivity index is 1.74. The summed E-state index contributed by atoms with van der Waals surface area (Å²) in [6.45, 7) is 2.81. The van der Waals surface area contributed by atoms with Crippen LogP contribution in [0.5, 0.6) is 5.88 Å². The van der Waals surface area contributed by atoms with Crippen LogP contribution >= 0.6 is 0 Å². The zero-order valence-electron chi connectivity index (χ0n) is 18.0. The lowest BCUT2D eigenvalue weighted by atomic mass is 9.93. The molecule has 1 amide bonds. The smallest absolute Gasteiger partial charge is 0.255 e. The minimum absolute atomic E-state index is 0.0313. The molecule has 0 radical (unpaired) electrons. The number of nitrogens with zero attached hydrogens (tertiary/aromatic N) is 5. The molecule has 1 aliphatic heterocycles. The molecule has 0 aliphatic carbocycles. The van der Waals surface area contributed by atoms with Gasteiger partial charge in [-0.15, -0.1) is 0 Å². The van der Waals surface area contributed by atoms with E-state index in [0.717, 1.165) is 54.7 Å². The normalized spacial score (nSPS) is 16.2. The molecular weight excluding hydrogens is 390 g/mol. The Morgan fingerprint density at radius 1 is 1.13 bits per heavy atom. The molecule has 0 unspecified atom stereocenters. The van der Waals surface area contributed by atoms with Crippen molar-refractivity contribution in [1.29, 1.82) is 0 Å². The fourth-order valence-corrected chi connectivity index (χ4v) is 4.04. The van der Waals surface area contributed by atoms with E-state index in [-0.39, 0.29) is 11.9 Å². The summed E-state index contributed by atoms with van der Waals surface area (Å²) >= 11 is 0. The van der Waals surface area contributed by atoms with Gasteiger partial charge in [-0.25, -0.2) is 15.0 Å². The highest BCUT2D eigenvalue weighted by atomic mass is 16.5. The van der Waals surface area contributed by atoms with Gasteiger partial charge in [0.05, 0.1) is 24.4 Å². The van der Waals surface area contributed by atoms with Crippen LogP contribution < -0.4 is 4.74 Å². The molecule has 4 heterocycles. The predicted octanol–water partition coefficient (Wildman–Crippen LogP) is 4.26. The van der Waals surface area contributed by atoms with Crippen LogP contribution in [0.25, 0.3) is 11.1 Å². The maximum Gasteiger partial charge on any atom is 0.255 e. The number of amides is 1. The zero-order chi connectivity index (χ0) is 21.6. The van der Waals surface area contributed by atoms with E-state index in [0.29, 0.717) is 18.0 Å². The van der Waals surface area contributed by atoms with Gasteiger partial charge >= 0.3 is 0 Å². The molecule has 0 bridgehead atoms. The second-order valence-electron chi connectivity index (χ2n) is 7.67. The molecule has 0 saturated carbocycles. The van der Waals surface area contributed by atoms with E-state index >= 15 is 0 Å². The summed E-state index contributed by atoms with van der Waals surface area (Å²) in [6.07, 6.45) is 11.7. The topological polar surface area (TPSA) is 81.1 Å². The van der Waals surface area contributed by atoms with Crippen LogP contribution in [-0.2, 0) is 6.42 Å². The molecule has 7 heteroatoms. The van der Waals surface area contributed by atoms with Crippen molar-refractivity contribution >= 4 is 5.91 Å². The molecule has 1 aliphatic rings. The molecular formula is C24H27N5O2. The first-order valence-electron chi connectivity index (χ1n) is 10.8. The first-order valence-corrected chi connectivity index (χ1v) is 10.8. The number of piperidine rings is 1. The number of hydrogen-bond donors (Lipinski definition) is 0. The van der Waals surface area contributed by atoms with Crippen LogP contribution in [0.4, 0.5) is 0 Å². The Labute approximate surface area is 182 Å². The summed E-state index contributed by atoms with van der Waals surface area (Å²) in [4.78, 5) is 33.3. The number of methoxy groups -OCH3 is 1. The highest BCUT2D eigenvalue weighted by molar-refractivity contribution is 5.94. The summed E-state index contributed by atoms with van der Waals surface area (Å²) in [5.41, 5.74) is 3.44. The molecule has 1 saturated heterocycles. The SMILES string of the molecule is CCCc1ncc(-c2ccncc2)c([C@@H]2CCCCN2C(=O)c2ccc(OC)nc2)n1. The molecule has 4 rings (SSSR count). The van der Waals surface area contributed by atoms with E-state index in [4.69, 9.17) is 9.72 Å². The minimum Gasteiger partial charge on any atom is -0.481 e. The van der Waals surface area contributed by atoms with Crippen molar-refractivity contribution in [3.63, 3.8) is 0 Å². The molecule has 0 spiro atoms. The van der Waals surface area contributed by atoms with E-state index in [2.05, 4.69) is 21.9 Å². The number of carbonyl (C=O) groups excluding carboxylic acids is 1. The molecule has 7 nitrogen and oxygen atoms in total. The van der Waals surface area contributed by atoms with E-state index < -0.39 is 0 Å². The average Bonchev–Trinajstić information content (AvgIpc) is 2.84. The lowest BCUT2D eigenvalue weighted by molar-refractivity contribution is 0.0606. The van der Waals surface area contributed by atoms with Crippen molar-refractivity contribution in [1.82, 2.24) is 24.8 Å². The fraction of sp³-hybridized carbons (Fsp3) is 0.375. The van der Waals surface area contributed by atoms with Crippen LogP contribution in [0.1, 0.15) is 60.5 Å². The molecule has 1 atom stereocenters. The van der Waals surface area contributed by atoms with E-state index in [1.165, 1.54) is 0 Å². The van der Waals surface area contributed by atoms with Crippen molar-refractivity contribution in [3.8, 4) is 17.0 Å². The molecule has 31 heavy (non-hydrogen) atoms. The predicted molar refractivity (Wildman–Crippen MR) is 118 cm³/mol. The third-order valence-electron chi connectivity index (χ3n) is 5.60. The van der Waals surface area contributed by atoms with Crippen LogP contribution in [0, 0.1) is 0 Å². The highest BCUT2D eigenvalue weighted by Gasteiger charge is 2.32. The number of rotatable bonds is 6. The van der Waals surface area contributed by atoms with Crippen molar-refractivity contribution in [2.24, 2.45) is 0 Å². The maximum atomic E-state index is 13.4. The van der Waals surface area contributed by atoms with Gasteiger partial charge in [-0.2, -0.15) is 0 Å².